The third kappa shape index (κ3) is 3.54. The molecule has 7 heteroatoms. The lowest BCUT2D eigenvalue weighted by Gasteiger charge is -2.19. The van der Waals surface area contributed by atoms with Crippen LogP contribution in [0.1, 0.15) is 20.8 Å². The molecule has 0 aliphatic rings. The average Bonchev–Trinajstić information content (AvgIpc) is 2.79. The van der Waals surface area contributed by atoms with Crippen LogP contribution in [0.25, 0.3) is 10.2 Å². The Morgan fingerprint density at radius 1 is 1.27 bits per heavy atom. The molecule has 0 saturated heterocycles. The Balaban J connectivity index is 2.23. The lowest BCUT2D eigenvalue weighted by atomic mass is 10.0. The highest BCUT2D eigenvalue weighted by Crippen LogP contribution is 2.14. The smallest absolute Gasteiger partial charge is 0.262 e. The van der Waals surface area contributed by atoms with Gasteiger partial charge < -0.3 is 9.88 Å². The van der Waals surface area contributed by atoms with Gasteiger partial charge in [-0.05, 0) is 18.1 Å². The Bertz CT molecular complexity index is 760. The van der Waals surface area contributed by atoms with Gasteiger partial charge in [0.05, 0.1) is 10.2 Å². The van der Waals surface area contributed by atoms with E-state index in [0.717, 1.165) is 10.2 Å². The number of carbonyl (C=O) groups excluding carboxylic acids is 2. The minimum Gasteiger partial charge on any atom is -0.344 e. The van der Waals surface area contributed by atoms with Crippen LogP contribution < -0.4 is 15.5 Å². The number of aromatic nitrogens is 1. The SMILES string of the molecule is CC(=O)N[C@@H](C(=O)N/N=c1\sc2ccccc2n1C)C(C)C. The zero-order valence-electron chi connectivity index (χ0n) is 13.1. The molecule has 0 bridgehead atoms. The van der Waals surface area contributed by atoms with E-state index in [2.05, 4.69) is 15.8 Å². The first-order valence-corrected chi connectivity index (χ1v) is 7.87. The van der Waals surface area contributed by atoms with Crippen molar-refractivity contribution >= 4 is 33.4 Å². The summed E-state index contributed by atoms with van der Waals surface area (Å²) in [5, 5.41) is 6.83. The van der Waals surface area contributed by atoms with Gasteiger partial charge in [-0.25, -0.2) is 5.43 Å². The van der Waals surface area contributed by atoms with Gasteiger partial charge in [0.2, 0.25) is 10.7 Å². The highest BCUT2D eigenvalue weighted by Gasteiger charge is 2.22. The molecule has 0 radical (unpaired) electrons. The average molecular weight is 320 g/mol. The molecule has 1 aromatic heterocycles. The van der Waals surface area contributed by atoms with Crippen molar-refractivity contribution in [2.75, 3.05) is 0 Å². The molecule has 2 rings (SSSR count). The summed E-state index contributed by atoms with van der Waals surface area (Å²) in [5.41, 5.74) is 3.61. The maximum Gasteiger partial charge on any atom is 0.262 e. The van der Waals surface area contributed by atoms with Crippen molar-refractivity contribution in [2.24, 2.45) is 18.1 Å². The Morgan fingerprint density at radius 2 is 1.95 bits per heavy atom. The highest BCUT2D eigenvalue weighted by atomic mass is 32.1. The number of para-hydroxylation sites is 1. The van der Waals surface area contributed by atoms with Crippen molar-refractivity contribution in [3.63, 3.8) is 0 Å². The van der Waals surface area contributed by atoms with Gasteiger partial charge in [0.25, 0.3) is 5.91 Å². The third-order valence-corrected chi connectivity index (χ3v) is 4.40. The summed E-state index contributed by atoms with van der Waals surface area (Å²) in [7, 11) is 1.90. The number of carbonyl (C=O) groups is 2. The highest BCUT2D eigenvalue weighted by molar-refractivity contribution is 7.16. The minimum absolute atomic E-state index is 0.0183. The molecule has 0 aliphatic carbocycles. The molecule has 0 saturated carbocycles. The summed E-state index contributed by atoms with van der Waals surface area (Å²) < 4.78 is 3.02. The summed E-state index contributed by atoms with van der Waals surface area (Å²) in [6, 6.07) is 7.34. The summed E-state index contributed by atoms with van der Waals surface area (Å²) in [4.78, 5) is 24.1. The molecular formula is C15H20N4O2S. The molecule has 0 fully saturated rings. The number of amides is 2. The number of nitrogens with one attached hydrogen (secondary N) is 2. The second-order valence-corrected chi connectivity index (χ2v) is 6.43. The van der Waals surface area contributed by atoms with Crippen molar-refractivity contribution in [1.29, 1.82) is 0 Å². The zero-order valence-corrected chi connectivity index (χ0v) is 13.9. The monoisotopic (exact) mass is 320 g/mol. The number of nitrogens with zero attached hydrogens (tertiary/aromatic N) is 2. The van der Waals surface area contributed by atoms with Crippen LogP contribution in [0, 0.1) is 5.92 Å². The van der Waals surface area contributed by atoms with Gasteiger partial charge in [0.15, 0.2) is 0 Å². The lowest BCUT2D eigenvalue weighted by molar-refractivity contribution is -0.129. The van der Waals surface area contributed by atoms with E-state index in [0.29, 0.717) is 4.80 Å². The standard InChI is InChI=1S/C15H20N4O2S/c1-9(2)13(16-10(3)20)14(21)17-18-15-19(4)11-7-5-6-8-12(11)22-15/h5-9,13H,1-4H3,(H,16,20)(H,17,21)/b18-15-/t13-/m1/s1. The molecule has 1 heterocycles. The summed E-state index contributed by atoms with van der Waals surface area (Å²) in [6.45, 7) is 5.14. The van der Waals surface area contributed by atoms with E-state index >= 15 is 0 Å². The second kappa shape index (κ2) is 6.74. The fourth-order valence-corrected chi connectivity index (χ4v) is 3.09. The maximum absolute atomic E-state index is 12.2. The molecule has 118 valence electrons. The van der Waals surface area contributed by atoms with Gasteiger partial charge in [-0.15, -0.1) is 5.10 Å². The van der Waals surface area contributed by atoms with Gasteiger partial charge in [-0.3, -0.25) is 9.59 Å². The molecule has 0 unspecified atom stereocenters. The van der Waals surface area contributed by atoms with Crippen molar-refractivity contribution in [3.8, 4) is 0 Å². The third-order valence-electron chi connectivity index (χ3n) is 3.28. The van der Waals surface area contributed by atoms with E-state index in [1.807, 2.05) is 49.7 Å². The minimum atomic E-state index is -0.596. The molecule has 1 aromatic carbocycles. The first-order valence-electron chi connectivity index (χ1n) is 7.05. The van der Waals surface area contributed by atoms with Crippen LogP contribution >= 0.6 is 11.3 Å². The predicted molar refractivity (Wildman–Crippen MR) is 86.9 cm³/mol. The van der Waals surface area contributed by atoms with E-state index in [9.17, 15) is 9.59 Å². The lowest BCUT2D eigenvalue weighted by Crippen LogP contribution is -2.48. The van der Waals surface area contributed by atoms with E-state index in [-0.39, 0.29) is 17.7 Å². The van der Waals surface area contributed by atoms with Gasteiger partial charge in [0, 0.05) is 14.0 Å². The topological polar surface area (TPSA) is 75.5 Å². The number of thiazole rings is 1. The summed E-state index contributed by atoms with van der Waals surface area (Å²) in [5.74, 6) is -0.570. The number of rotatable bonds is 4. The Morgan fingerprint density at radius 3 is 2.55 bits per heavy atom. The van der Waals surface area contributed by atoms with Crippen molar-refractivity contribution in [1.82, 2.24) is 15.3 Å². The van der Waals surface area contributed by atoms with Gasteiger partial charge in [-0.2, -0.15) is 0 Å². The van der Waals surface area contributed by atoms with E-state index in [4.69, 9.17) is 0 Å². The number of hydrogen-bond acceptors (Lipinski definition) is 4. The molecule has 0 aliphatic heterocycles. The fraction of sp³-hybridized carbons (Fsp3) is 0.400. The largest absolute Gasteiger partial charge is 0.344 e. The van der Waals surface area contributed by atoms with Gasteiger partial charge >= 0.3 is 0 Å². The molecule has 2 N–H and O–H groups in total. The number of benzene rings is 1. The van der Waals surface area contributed by atoms with Crippen LogP contribution in [0.3, 0.4) is 0 Å². The fourth-order valence-electron chi connectivity index (χ4n) is 2.11. The Kier molecular flexibility index (Phi) is 4.97. The normalized spacial score (nSPS) is 13.4. The molecular weight excluding hydrogens is 300 g/mol. The molecule has 2 aromatic rings. The molecule has 2 amide bonds. The number of fused-ring (bicyclic) bond motifs is 1. The zero-order chi connectivity index (χ0) is 16.3. The van der Waals surface area contributed by atoms with E-state index < -0.39 is 6.04 Å². The number of hydrogen-bond donors (Lipinski definition) is 2. The molecule has 22 heavy (non-hydrogen) atoms. The van der Waals surface area contributed by atoms with Crippen molar-refractivity contribution < 1.29 is 9.59 Å². The number of aryl methyl sites for hydroxylation is 1. The Hall–Kier alpha value is -2.15. The Labute approximate surface area is 132 Å². The first kappa shape index (κ1) is 16.2. The second-order valence-electron chi connectivity index (χ2n) is 5.42. The molecule has 0 spiro atoms. The van der Waals surface area contributed by atoms with Crippen LogP contribution in [0.15, 0.2) is 29.4 Å². The van der Waals surface area contributed by atoms with Crippen LogP contribution in [-0.4, -0.2) is 22.4 Å². The predicted octanol–water partition coefficient (Wildman–Crippen LogP) is 1.33. The first-order chi connectivity index (χ1) is 10.4. The van der Waals surface area contributed by atoms with Crippen LogP contribution in [0.2, 0.25) is 0 Å². The van der Waals surface area contributed by atoms with E-state index in [1.54, 1.807) is 0 Å². The maximum atomic E-state index is 12.2. The van der Waals surface area contributed by atoms with Crippen LogP contribution in [0.4, 0.5) is 0 Å². The van der Waals surface area contributed by atoms with Gasteiger partial charge in [-0.1, -0.05) is 37.3 Å². The quantitative estimate of drug-likeness (QED) is 0.834. The van der Waals surface area contributed by atoms with E-state index in [1.165, 1.54) is 18.3 Å². The molecule has 6 nitrogen and oxygen atoms in total. The van der Waals surface area contributed by atoms with Gasteiger partial charge in [0.1, 0.15) is 6.04 Å². The summed E-state index contributed by atoms with van der Waals surface area (Å²) >= 11 is 1.49. The molecule has 1 atom stereocenters. The van der Waals surface area contributed by atoms with Crippen molar-refractivity contribution in [3.05, 3.63) is 29.1 Å². The van der Waals surface area contributed by atoms with Crippen molar-refractivity contribution in [2.45, 2.75) is 26.8 Å². The summed E-state index contributed by atoms with van der Waals surface area (Å²) in [6.07, 6.45) is 0. The van der Waals surface area contributed by atoms with Crippen LogP contribution in [0.5, 0.6) is 0 Å². The van der Waals surface area contributed by atoms with Crippen LogP contribution in [-0.2, 0) is 16.6 Å².